The maximum atomic E-state index is 9.64. The summed E-state index contributed by atoms with van der Waals surface area (Å²) < 4.78 is 5.96. The summed E-state index contributed by atoms with van der Waals surface area (Å²) in [6.07, 6.45) is 8.48. The average molecular weight is 255 g/mol. The van der Waals surface area contributed by atoms with Gasteiger partial charge in [0, 0.05) is 18.2 Å². The molecule has 0 spiro atoms. The molecule has 0 bridgehead atoms. The first-order valence-electron chi connectivity index (χ1n) is 7.64. The molecule has 0 amide bonds. The quantitative estimate of drug-likeness (QED) is 0.655. The third kappa shape index (κ3) is 4.22. The summed E-state index contributed by atoms with van der Waals surface area (Å²) in [5.41, 5.74) is -0.0378. The minimum absolute atomic E-state index is 0.0378. The molecule has 18 heavy (non-hydrogen) atoms. The van der Waals surface area contributed by atoms with Crippen molar-refractivity contribution in [1.82, 2.24) is 5.32 Å². The molecule has 3 heteroatoms. The first-order valence-corrected chi connectivity index (χ1v) is 7.64. The lowest BCUT2D eigenvalue weighted by Gasteiger charge is -2.28. The number of hydrogen-bond acceptors (Lipinski definition) is 3. The SMILES string of the molecule is CC(C)CCCOC1CCC(CO)(NC2CC2)C1. The van der Waals surface area contributed by atoms with Crippen molar-refractivity contribution in [1.29, 1.82) is 0 Å². The Morgan fingerprint density at radius 3 is 2.72 bits per heavy atom. The van der Waals surface area contributed by atoms with Gasteiger partial charge >= 0.3 is 0 Å². The van der Waals surface area contributed by atoms with Crippen LogP contribution in [-0.4, -0.2) is 36.0 Å². The molecule has 2 atom stereocenters. The molecule has 106 valence electrons. The summed E-state index contributed by atoms with van der Waals surface area (Å²) in [7, 11) is 0. The van der Waals surface area contributed by atoms with Crippen LogP contribution in [0, 0.1) is 5.92 Å². The van der Waals surface area contributed by atoms with Gasteiger partial charge in [0.25, 0.3) is 0 Å². The van der Waals surface area contributed by atoms with Gasteiger partial charge in [-0.05, 0) is 50.9 Å². The van der Waals surface area contributed by atoms with E-state index in [4.69, 9.17) is 4.74 Å². The fourth-order valence-electron chi connectivity index (χ4n) is 2.94. The number of nitrogens with one attached hydrogen (secondary N) is 1. The van der Waals surface area contributed by atoms with Crippen molar-refractivity contribution in [3.05, 3.63) is 0 Å². The highest BCUT2D eigenvalue weighted by Gasteiger charge is 2.42. The van der Waals surface area contributed by atoms with Gasteiger partial charge in [-0.2, -0.15) is 0 Å². The molecule has 0 radical (unpaired) electrons. The molecule has 0 aromatic rings. The number of ether oxygens (including phenoxy) is 1. The number of rotatable bonds is 8. The molecule has 2 aliphatic carbocycles. The van der Waals surface area contributed by atoms with Gasteiger partial charge in [-0.3, -0.25) is 0 Å². The minimum Gasteiger partial charge on any atom is -0.394 e. The highest BCUT2D eigenvalue weighted by molar-refractivity contribution is 5.01. The molecular weight excluding hydrogens is 226 g/mol. The van der Waals surface area contributed by atoms with Crippen molar-refractivity contribution >= 4 is 0 Å². The van der Waals surface area contributed by atoms with E-state index in [9.17, 15) is 5.11 Å². The van der Waals surface area contributed by atoms with Crippen LogP contribution in [0.3, 0.4) is 0 Å². The van der Waals surface area contributed by atoms with Gasteiger partial charge in [0.1, 0.15) is 0 Å². The van der Waals surface area contributed by atoms with Crippen LogP contribution in [0.25, 0.3) is 0 Å². The van der Waals surface area contributed by atoms with E-state index in [0.717, 1.165) is 38.2 Å². The molecule has 0 heterocycles. The topological polar surface area (TPSA) is 41.5 Å². The Labute approximate surface area is 111 Å². The second-order valence-corrected chi connectivity index (χ2v) is 6.63. The minimum atomic E-state index is -0.0378. The molecule has 0 aromatic heterocycles. The van der Waals surface area contributed by atoms with E-state index in [1.807, 2.05) is 0 Å². The summed E-state index contributed by atoms with van der Waals surface area (Å²) in [5.74, 6) is 0.769. The van der Waals surface area contributed by atoms with Crippen LogP contribution in [0.1, 0.15) is 58.8 Å². The van der Waals surface area contributed by atoms with E-state index in [-0.39, 0.29) is 12.1 Å². The molecule has 2 saturated carbocycles. The van der Waals surface area contributed by atoms with E-state index in [2.05, 4.69) is 19.2 Å². The van der Waals surface area contributed by atoms with Crippen LogP contribution in [0.2, 0.25) is 0 Å². The van der Waals surface area contributed by atoms with E-state index in [1.54, 1.807) is 0 Å². The smallest absolute Gasteiger partial charge is 0.0614 e. The van der Waals surface area contributed by atoms with Gasteiger partial charge in [-0.15, -0.1) is 0 Å². The van der Waals surface area contributed by atoms with E-state index in [0.29, 0.717) is 12.1 Å². The Kier molecular flexibility index (Phi) is 5.05. The largest absolute Gasteiger partial charge is 0.394 e. The molecule has 2 N–H and O–H groups in total. The molecule has 2 rings (SSSR count). The molecule has 0 saturated heterocycles. The summed E-state index contributed by atoms with van der Waals surface area (Å²) in [5, 5.41) is 13.3. The van der Waals surface area contributed by atoms with Gasteiger partial charge in [-0.25, -0.2) is 0 Å². The first kappa shape index (κ1) is 14.3. The van der Waals surface area contributed by atoms with Crippen molar-refractivity contribution in [3.8, 4) is 0 Å². The molecule has 2 unspecified atom stereocenters. The standard InChI is InChI=1S/C15H29NO2/c1-12(2)4-3-9-18-14-7-8-15(10-14,11-17)16-13-5-6-13/h12-14,16-17H,3-11H2,1-2H3. The maximum Gasteiger partial charge on any atom is 0.0614 e. The molecular formula is C15H29NO2. The Bertz CT molecular complexity index is 253. The Morgan fingerprint density at radius 1 is 1.33 bits per heavy atom. The lowest BCUT2D eigenvalue weighted by atomic mass is 9.98. The van der Waals surface area contributed by atoms with Crippen LogP contribution < -0.4 is 5.32 Å². The first-order chi connectivity index (χ1) is 8.63. The Hall–Kier alpha value is -0.120. The molecule has 0 aliphatic heterocycles. The summed E-state index contributed by atoms with van der Waals surface area (Å²) in [6, 6.07) is 0.664. The van der Waals surface area contributed by atoms with Crippen molar-refractivity contribution in [3.63, 3.8) is 0 Å². The Balaban J connectivity index is 1.66. The van der Waals surface area contributed by atoms with Gasteiger partial charge in [0.05, 0.1) is 12.7 Å². The fraction of sp³-hybridized carbons (Fsp3) is 1.00. The normalized spacial score (nSPS) is 32.3. The summed E-state index contributed by atoms with van der Waals surface area (Å²) in [4.78, 5) is 0. The van der Waals surface area contributed by atoms with Gasteiger partial charge in [-0.1, -0.05) is 13.8 Å². The zero-order valence-electron chi connectivity index (χ0n) is 12.0. The summed E-state index contributed by atoms with van der Waals surface area (Å²) in [6.45, 7) is 5.65. The third-order valence-corrected chi connectivity index (χ3v) is 4.23. The Morgan fingerprint density at radius 2 is 2.11 bits per heavy atom. The lowest BCUT2D eigenvalue weighted by Crippen LogP contribution is -2.48. The van der Waals surface area contributed by atoms with Crippen LogP contribution >= 0.6 is 0 Å². The summed E-state index contributed by atoms with van der Waals surface area (Å²) >= 11 is 0. The van der Waals surface area contributed by atoms with Crippen molar-refractivity contribution < 1.29 is 9.84 Å². The predicted molar refractivity (Wildman–Crippen MR) is 73.6 cm³/mol. The molecule has 2 aliphatic rings. The zero-order chi connectivity index (χ0) is 13.0. The highest BCUT2D eigenvalue weighted by Crippen LogP contribution is 2.35. The van der Waals surface area contributed by atoms with Crippen LogP contribution in [0.15, 0.2) is 0 Å². The predicted octanol–water partition coefficient (Wildman–Crippen LogP) is 2.47. The van der Waals surface area contributed by atoms with Gasteiger partial charge in [0.15, 0.2) is 0 Å². The molecule has 0 aromatic carbocycles. The van der Waals surface area contributed by atoms with E-state index in [1.165, 1.54) is 19.3 Å². The average Bonchev–Trinajstić information content (AvgIpc) is 3.05. The molecule has 2 fully saturated rings. The van der Waals surface area contributed by atoms with Crippen molar-refractivity contribution in [2.75, 3.05) is 13.2 Å². The lowest BCUT2D eigenvalue weighted by molar-refractivity contribution is 0.0432. The van der Waals surface area contributed by atoms with Crippen molar-refractivity contribution in [2.24, 2.45) is 5.92 Å². The van der Waals surface area contributed by atoms with E-state index < -0.39 is 0 Å². The van der Waals surface area contributed by atoms with Crippen LogP contribution in [0.5, 0.6) is 0 Å². The van der Waals surface area contributed by atoms with Gasteiger partial charge in [0.2, 0.25) is 0 Å². The second kappa shape index (κ2) is 6.36. The third-order valence-electron chi connectivity index (χ3n) is 4.23. The van der Waals surface area contributed by atoms with Crippen LogP contribution in [-0.2, 0) is 4.74 Å². The number of aliphatic hydroxyl groups is 1. The highest BCUT2D eigenvalue weighted by atomic mass is 16.5. The van der Waals surface area contributed by atoms with E-state index >= 15 is 0 Å². The monoisotopic (exact) mass is 255 g/mol. The van der Waals surface area contributed by atoms with Gasteiger partial charge < -0.3 is 15.2 Å². The molecule has 3 nitrogen and oxygen atoms in total. The zero-order valence-corrected chi connectivity index (χ0v) is 12.0. The van der Waals surface area contributed by atoms with Crippen molar-refractivity contribution in [2.45, 2.75) is 76.5 Å². The van der Waals surface area contributed by atoms with Crippen LogP contribution in [0.4, 0.5) is 0 Å². The number of aliphatic hydroxyl groups excluding tert-OH is 1. The second-order valence-electron chi connectivity index (χ2n) is 6.63. The maximum absolute atomic E-state index is 9.64. The fourth-order valence-corrected chi connectivity index (χ4v) is 2.94. The number of hydrogen-bond donors (Lipinski definition) is 2.